The molecule has 0 saturated heterocycles. The molecule has 0 radical (unpaired) electrons. The molecule has 0 spiro atoms. The first kappa shape index (κ1) is 14.4. The van der Waals surface area contributed by atoms with Crippen LogP contribution < -0.4 is 5.32 Å². The summed E-state index contributed by atoms with van der Waals surface area (Å²) in [7, 11) is 0. The quantitative estimate of drug-likeness (QED) is 0.947. The third-order valence-corrected chi connectivity index (χ3v) is 3.15. The molecule has 1 aromatic carbocycles. The Bertz CT molecular complexity index is 703. The molecule has 2 rings (SSSR count). The lowest BCUT2D eigenvalue weighted by Gasteiger charge is -2.06. The predicted molar refractivity (Wildman–Crippen MR) is 76.3 cm³/mol. The minimum absolute atomic E-state index is 0.111. The topological polar surface area (TPSA) is 70.7 Å². The van der Waals surface area contributed by atoms with E-state index in [-0.39, 0.29) is 17.2 Å². The van der Waals surface area contributed by atoms with Crippen LogP contribution in [0.25, 0.3) is 5.69 Å². The van der Waals surface area contributed by atoms with Crippen molar-refractivity contribution >= 4 is 29.1 Å². The van der Waals surface area contributed by atoms with Crippen LogP contribution in [0.5, 0.6) is 0 Å². The van der Waals surface area contributed by atoms with Gasteiger partial charge in [0.1, 0.15) is 6.07 Å². The Kier molecular flexibility index (Phi) is 4.28. The summed E-state index contributed by atoms with van der Waals surface area (Å²) >= 11 is 12.0. The van der Waals surface area contributed by atoms with Gasteiger partial charge in [0.2, 0.25) is 0 Å². The van der Waals surface area contributed by atoms with Gasteiger partial charge in [-0.25, -0.2) is 4.68 Å². The highest BCUT2D eigenvalue weighted by molar-refractivity contribution is 6.34. The smallest absolute Gasteiger partial charge is 0.255 e. The molecule has 1 amide bonds. The first-order valence-electron chi connectivity index (χ1n) is 5.80. The Labute approximate surface area is 125 Å². The zero-order valence-corrected chi connectivity index (χ0v) is 12.0. The van der Waals surface area contributed by atoms with E-state index in [4.69, 9.17) is 23.2 Å². The SMILES string of the molecule is CCNC(=O)c1cnn(-c2cc(Cl)ccc2Cl)c1C#N. The molecule has 0 fully saturated rings. The molecule has 5 nitrogen and oxygen atoms in total. The Morgan fingerprint density at radius 3 is 2.90 bits per heavy atom. The van der Waals surface area contributed by atoms with E-state index in [0.717, 1.165) is 0 Å². The van der Waals surface area contributed by atoms with Crippen molar-refractivity contribution in [3.8, 4) is 11.8 Å². The molecule has 1 aromatic heterocycles. The second-order valence-electron chi connectivity index (χ2n) is 3.89. The molecule has 0 atom stereocenters. The monoisotopic (exact) mass is 308 g/mol. The lowest BCUT2D eigenvalue weighted by atomic mass is 10.2. The number of hydrogen-bond acceptors (Lipinski definition) is 3. The fourth-order valence-electron chi connectivity index (χ4n) is 1.71. The van der Waals surface area contributed by atoms with Crippen LogP contribution in [0.3, 0.4) is 0 Å². The number of aromatic nitrogens is 2. The number of rotatable bonds is 3. The van der Waals surface area contributed by atoms with E-state index in [1.165, 1.54) is 10.9 Å². The molecule has 7 heteroatoms. The van der Waals surface area contributed by atoms with E-state index < -0.39 is 0 Å². The van der Waals surface area contributed by atoms with Crippen molar-refractivity contribution in [2.45, 2.75) is 6.92 Å². The van der Waals surface area contributed by atoms with Gasteiger partial charge in [0.15, 0.2) is 5.69 Å². The Hall–Kier alpha value is -2.03. The first-order valence-corrected chi connectivity index (χ1v) is 6.55. The standard InChI is InChI=1S/C13H10Cl2N4O/c1-2-17-13(20)9-7-18-19(12(9)6-16)11-5-8(14)3-4-10(11)15/h3-5,7H,2H2,1H3,(H,17,20). The zero-order chi connectivity index (χ0) is 14.7. The molecule has 0 unspecified atom stereocenters. The van der Waals surface area contributed by atoms with Gasteiger partial charge >= 0.3 is 0 Å². The normalized spacial score (nSPS) is 10.1. The zero-order valence-electron chi connectivity index (χ0n) is 10.5. The maximum absolute atomic E-state index is 11.8. The second-order valence-corrected chi connectivity index (χ2v) is 4.73. The van der Waals surface area contributed by atoms with E-state index >= 15 is 0 Å². The third kappa shape index (κ3) is 2.62. The summed E-state index contributed by atoms with van der Waals surface area (Å²) < 4.78 is 1.30. The van der Waals surface area contributed by atoms with Gasteiger partial charge in [0, 0.05) is 11.6 Å². The average Bonchev–Trinajstić information content (AvgIpc) is 2.85. The highest BCUT2D eigenvalue weighted by Gasteiger charge is 2.19. The molecule has 102 valence electrons. The van der Waals surface area contributed by atoms with Crippen LogP contribution in [0.15, 0.2) is 24.4 Å². The number of benzene rings is 1. The molecule has 0 aliphatic carbocycles. The predicted octanol–water partition coefficient (Wildman–Crippen LogP) is 2.80. The fourth-order valence-corrected chi connectivity index (χ4v) is 2.07. The number of nitrogens with one attached hydrogen (secondary N) is 1. The van der Waals surface area contributed by atoms with Gasteiger partial charge in [-0.05, 0) is 25.1 Å². The van der Waals surface area contributed by atoms with Gasteiger partial charge in [-0.3, -0.25) is 4.79 Å². The van der Waals surface area contributed by atoms with Gasteiger partial charge in [0.25, 0.3) is 5.91 Å². The summed E-state index contributed by atoms with van der Waals surface area (Å²) in [6, 6.07) is 6.79. The first-order chi connectivity index (χ1) is 9.58. The van der Waals surface area contributed by atoms with Crippen LogP contribution in [-0.2, 0) is 0 Å². The summed E-state index contributed by atoms with van der Waals surface area (Å²) in [5, 5.41) is 16.8. The van der Waals surface area contributed by atoms with Crippen LogP contribution in [0, 0.1) is 11.3 Å². The summed E-state index contributed by atoms with van der Waals surface area (Å²) in [6.45, 7) is 2.26. The van der Waals surface area contributed by atoms with Crippen LogP contribution in [0.2, 0.25) is 10.0 Å². The Morgan fingerprint density at radius 1 is 1.50 bits per heavy atom. The minimum atomic E-state index is -0.353. The van der Waals surface area contributed by atoms with Crippen LogP contribution in [-0.4, -0.2) is 22.2 Å². The lowest BCUT2D eigenvalue weighted by molar-refractivity contribution is 0.0955. The maximum Gasteiger partial charge on any atom is 0.255 e. The molecule has 0 aliphatic rings. The summed E-state index contributed by atoms with van der Waals surface area (Å²) in [5.74, 6) is -0.353. The third-order valence-electron chi connectivity index (χ3n) is 2.59. The van der Waals surface area contributed by atoms with Gasteiger partial charge in [0.05, 0.1) is 22.5 Å². The lowest BCUT2D eigenvalue weighted by Crippen LogP contribution is -2.23. The number of amides is 1. The summed E-state index contributed by atoms with van der Waals surface area (Å²) in [4.78, 5) is 11.8. The van der Waals surface area contributed by atoms with Crippen molar-refractivity contribution in [2.75, 3.05) is 6.54 Å². The number of nitriles is 1. The molecule has 0 saturated carbocycles. The van der Waals surface area contributed by atoms with E-state index in [2.05, 4.69) is 10.4 Å². The second kappa shape index (κ2) is 5.95. The molecule has 0 aliphatic heterocycles. The van der Waals surface area contributed by atoms with Crippen molar-refractivity contribution in [3.05, 3.63) is 45.7 Å². The molecule has 0 bridgehead atoms. The highest BCUT2D eigenvalue weighted by Crippen LogP contribution is 2.25. The van der Waals surface area contributed by atoms with Gasteiger partial charge in [-0.15, -0.1) is 0 Å². The number of halogens is 2. The van der Waals surface area contributed by atoms with E-state index in [1.807, 2.05) is 6.07 Å². The van der Waals surface area contributed by atoms with Gasteiger partial charge < -0.3 is 5.32 Å². The van der Waals surface area contributed by atoms with E-state index in [1.54, 1.807) is 25.1 Å². The molecular weight excluding hydrogens is 299 g/mol. The van der Waals surface area contributed by atoms with Crippen molar-refractivity contribution in [1.29, 1.82) is 5.26 Å². The van der Waals surface area contributed by atoms with Crippen molar-refractivity contribution in [2.24, 2.45) is 0 Å². The Balaban J connectivity index is 2.57. The van der Waals surface area contributed by atoms with Crippen molar-refractivity contribution in [3.63, 3.8) is 0 Å². The molecular formula is C13H10Cl2N4O. The number of carbonyl (C=O) groups excluding carboxylic acids is 1. The number of hydrogen-bond donors (Lipinski definition) is 1. The molecule has 2 aromatic rings. The average molecular weight is 309 g/mol. The summed E-state index contributed by atoms with van der Waals surface area (Å²) in [5.41, 5.74) is 0.761. The van der Waals surface area contributed by atoms with E-state index in [9.17, 15) is 10.1 Å². The Morgan fingerprint density at radius 2 is 2.25 bits per heavy atom. The van der Waals surface area contributed by atoms with Crippen LogP contribution in [0.4, 0.5) is 0 Å². The minimum Gasteiger partial charge on any atom is -0.352 e. The highest BCUT2D eigenvalue weighted by atomic mass is 35.5. The van der Waals surface area contributed by atoms with Gasteiger partial charge in [-0.2, -0.15) is 10.4 Å². The molecule has 1 N–H and O–H groups in total. The fraction of sp³-hybridized carbons (Fsp3) is 0.154. The van der Waals surface area contributed by atoms with Crippen LogP contribution in [0.1, 0.15) is 23.0 Å². The maximum atomic E-state index is 11.8. The van der Waals surface area contributed by atoms with E-state index in [0.29, 0.717) is 22.3 Å². The van der Waals surface area contributed by atoms with Crippen LogP contribution >= 0.6 is 23.2 Å². The number of carbonyl (C=O) groups is 1. The molecule has 20 heavy (non-hydrogen) atoms. The van der Waals surface area contributed by atoms with Gasteiger partial charge in [-0.1, -0.05) is 23.2 Å². The van der Waals surface area contributed by atoms with Crippen molar-refractivity contribution in [1.82, 2.24) is 15.1 Å². The van der Waals surface area contributed by atoms with Crippen molar-refractivity contribution < 1.29 is 4.79 Å². The number of nitrogens with zero attached hydrogens (tertiary/aromatic N) is 3. The summed E-state index contributed by atoms with van der Waals surface area (Å²) in [6.07, 6.45) is 1.33. The molecule has 1 heterocycles. The largest absolute Gasteiger partial charge is 0.352 e.